The predicted molar refractivity (Wildman–Crippen MR) is 45.8 cm³/mol. The Morgan fingerprint density at radius 1 is 1.50 bits per heavy atom. The van der Waals surface area contributed by atoms with Crippen LogP contribution in [0.2, 0.25) is 0 Å². The summed E-state index contributed by atoms with van der Waals surface area (Å²) < 4.78 is 0. The van der Waals surface area contributed by atoms with Gasteiger partial charge in [0, 0.05) is 5.92 Å². The lowest BCUT2D eigenvalue weighted by Gasteiger charge is -1.99. The van der Waals surface area contributed by atoms with Gasteiger partial charge in [0.15, 0.2) is 0 Å². The maximum Gasteiger partial charge on any atom is 0.323 e. The average Bonchev–Trinajstić information content (AvgIpc) is 2.33. The number of hydrogen-bond acceptors (Lipinski definition) is 1. The molecule has 64 valence electrons. The van der Waals surface area contributed by atoms with Crippen molar-refractivity contribution in [3.8, 4) is 0 Å². The summed E-state index contributed by atoms with van der Waals surface area (Å²) in [7, 11) is 0. The van der Waals surface area contributed by atoms with Crippen molar-refractivity contribution in [2.75, 3.05) is 0 Å². The molecule has 1 aliphatic rings. The minimum atomic E-state index is -0.0753. The van der Waals surface area contributed by atoms with Gasteiger partial charge < -0.3 is 5.53 Å². The molecule has 0 unspecified atom stereocenters. The van der Waals surface area contributed by atoms with Gasteiger partial charge in [-0.2, -0.15) is 4.79 Å². The van der Waals surface area contributed by atoms with Gasteiger partial charge in [-0.05, 0) is 26.7 Å². The molecule has 0 saturated heterocycles. The van der Waals surface area contributed by atoms with Gasteiger partial charge in [-0.15, -0.1) is 0 Å². The highest BCUT2D eigenvalue weighted by atomic mass is 16.1. The highest BCUT2D eigenvalue weighted by Crippen LogP contribution is 2.30. The van der Waals surface area contributed by atoms with Gasteiger partial charge in [-0.3, -0.25) is 4.79 Å². The van der Waals surface area contributed by atoms with Crippen molar-refractivity contribution in [2.24, 2.45) is 5.92 Å². The Morgan fingerprint density at radius 2 is 2.00 bits per heavy atom. The SMILES string of the molecule is CC1=C(C)CC(C(=O)C=[N+]=[N-])C1. The first-order chi connectivity index (χ1) is 5.65. The first kappa shape index (κ1) is 8.88. The van der Waals surface area contributed by atoms with Crippen molar-refractivity contribution >= 4 is 12.0 Å². The maximum absolute atomic E-state index is 11.2. The zero-order valence-electron chi connectivity index (χ0n) is 7.37. The maximum atomic E-state index is 11.2. The lowest BCUT2D eigenvalue weighted by atomic mass is 10.0. The molecule has 0 radical (unpaired) electrons. The molecule has 0 amide bonds. The highest BCUT2D eigenvalue weighted by molar-refractivity contribution is 6.26. The van der Waals surface area contributed by atoms with E-state index in [9.17, 15) is 4.79 Å². The molecule has 0 N–H and O–H groups in total. The summed E-state index contributed by atoms with van der Waals surface area (Å²) in [5, 5.41) is 0. The molecule has 3 nitrogen and oxygen atoms in total. The number of allylic oxidation sites excluding steroid dienone is 2. The minimum Gasteiger partial charge on any atom is -0.361 e. The van der Waals surface area contributed by atoms with Gasteiger partial charge in [0.1, 0.15) is 0 Å². The number of rotatable bonds is 2. The molecule has 0 aromatic heterocycles. The summed E-state index contributed by atoms with van der Waals surface area (Å²) in [5.74, 6) is -0.0606. The van der Waals surface area contributed by atoms with Crippen molar-refractivity contribution in [1.82, 2.24) is 0 Å². The zero-order chi connectivity index (χ0) is 9.14. The smallest absolute Gasteiger partial charge is 0.323 e. The molecule has 0 aromatic rings. The molecular weight excluding hydrogens is 152 g/mol. The Morgan fingerprint density at radius 3 is 2.42 bits per heavy atom. The van der Waals surface area contributed by atoms with E-state index in [0.717, 1.165) is 19.1 Å². The molecule has 0 heterocycles. The van der Waals surface area contributed by atoms with Crippen molar-refractivity contribution in [3.05, 3.63) is 16.7 Å². The second-order valence-electron chi connectivity index (χ2n) is 3.31. The highest BCUT2D eigenvalue weighted by Gasteiger charge is 2.26. The molecular formula is C9H12N2O. The third-order valence-electron chi connectivity index (χ3n) is 2.42. The van der Waals surface area contributed by atoms with Crippen molar-refractivity contribution in [2.45, 2.75) is 26.7 Å². The Labute approximate surface area is 71.7 Å². The van der Waals surface area contributed by atoms with E-state index >= 15 is 0 Å². The van der Waals surface area contributed by atoms with Gasteiger partial charge in [0.25, 0.3) is 0 Å². The van der Waals surface area contributed by atoms with E-state index in [2.05, 4.69) is 4.79 Å². The van der Waals surface area contributed by atoms with Gasteiger partial charge in [0.2, 0.25) is 5.78 Å². The van der Waals surface area contributed by atoms with Gasteiger partial charge >= 0.3 is 6.21 Å². The van der Waals surface area contributed by atoms with Crippen LogP contribution >= 0.6 is 0 Å². The normalized spacial score (nSPS) is 17.8. The quantitative estimate of drug-likeness (QED) is 0.265. The fourth-order valence-corrected chi connectivity index (χ4v) is 1.52. The number of carbonyl (C=O) groups is 1. The van der Waals surface area contributed by atoms with E-state index in [1.165, 1.54) is 11.1 Å². The third-order valence-corrected chi connectivity index (χ3v) is 2.42. The second-order valence-corrected chi connectivity index (χ2v) is 3.31. The predicted octanol–water partition coefficient (Wildman–Crippen LogP) is 1.60. The van der Waals surface area contributed by atoms with Crippen LogP contribution in [0.15, 0.2) is 11.1 Å². The third kappa shape index (κ3) is 1.69. The Kier molecular flexibility index (Phi) is 2.56. The molecule has 1 rings (SSSR count). The fourth-order valence-electron chi connectivity index (χ4n) is 1.52. The van der Waals surface area contributed by atoms with Crippen molar-refractivity contribution in [3.63, 3.8) is 0 Å². The van der Waals surface area contributed by atoms with Gasteiger partial charge in [-0.1, -0.05) is 11.1 Å². The summed E-state index contributed by atoms with van der Waals surface area (Å²) in [6, 6.07) is 0. The molecule has 3 heteroatoms. The van der Waals surface area contributed by atoms with Crippen molar-refractivity contribution < 1.29 is 9.58 Å². The Balaban J connectivity index is 2.63. The van der Waals surface area contributed by atoms with Crippen molar-refractivity contribution in [1.29, 1.82) is 0 Å². The van der Waals surface area contributed by atoms with E-state index in [4.69, 9.17) is 5.53 Å². The van der Waals surface area contributed by atoms with E-state index in [0.29, 0.717) is 0 Å². The summed E-state index contributed by atoms with van der Waals surface area (Å²) in [6.07, 6.45) is 2.63. The number of ketones is 1. The average molecular weight is 164 g/mol. The molecule has 0 atom stereocenters. The number of carbonyl (C=O) groups excluding carboxylic acids is 1. The largest absolute Gasteiger partial charge is 0.361 e. The summed E-state index contributed by atoms with van der Waals surface area (Å²) in [5.41, 5.74) is 10.7. The first-order valence-electron chi connectivity index (χ1n) is 4.01. The molecule has 0 aromatic carbocycles. The monoisotopic (exact) mass is 164 g/mol. The fraction of sp³-hybridized carbons (Fsp3) is 0.556. The van der Waals surface area contributed by atoms with Crippen LogP contribution in [-0.4, -0.2) is 16.8 Å². The van der Waals surface area contributed by atoms with E-state index in [1.807, 2.05) is 13.8 Å². The van der Waals surface area contributed by atoms with Crippen LogP contribution in [0.3, 0.4) is 0 Å². The molecule has 0 saturated carbocycles. The lowest BCUT2D eigenvalue weighted by Crippen LogP contribution is -2.13. The van der Waals surface area contributed by atoms with Gasteiger partial charge in [-0.25, -0.2) is 0 Å². The van der Waals surface area contributed by atoms with Gasteiger partial charge in [0.05, 0.1) is 0 Å². The molecule has 12 heavy (non-hydrogen) atoms. The number of hydrogen-bond donors (Lipinski definition) is 0. The summed E-state index contributed by atoms with van der Waals surface area (Å²) in [6.45, 7) is 4.08. The van der Waals surface area contributed by atoms with Crippen LogP contribution in [0.4, 0.5) is 0 Å². The van der Waals surface area contributed by atoms with E-state index in [1.54, 1.807) is 0 Å². The van der Waals surface area contributed by atoms with Crippen LogP contribution in [-0.2, 0) is 4.79 Å². The van der Waals surface area contributed by atoms with Crippen LogP contribution in [0.5, 0.6) is 0 Å². The minimum absolute atomic E-state index is 0.0147. The Bertz CT molecular complexity index is 271. The molecule has 0 bridgehead atoms. The summed E-state index contributed by atoms with van der Waals surface area (Å²) >= 11 is 0. The number of Topliss-reactive ketones (excluding diaryl/α,β-unsaturated/α-hetero) is 1. The van der Waals surface area contributed by atoms with E-state index < -0.39 is 0 Å². The van der Waals surface area contributed by atoms with Crippen LogP contribution in [0.1, 0.15) is 26.7 Å². The van der Waals surface area contributed by atoms with E-state index in [-0.39, 0.29) is 11.7 Å². The zero-order valence-corrected chi connectivity index (χ0v) is 7.37. The molecule has 0 spiro atoms. The molecule has 0 aliphatic heterocycles. The van der Waals surface area contributed by atoms with Crippen LogP contribution in [0.25, 0.3) is 5.53 Å². The summed E-state index contributed by atoms with van der Waals surface area (Å²) in [4.78, 5) is 13.9. The number of nitrogens with zero attached hydrogens (tertiary/aromatic N) is 2. The Hall–Kier alpha value is -1.21. The lowest BCUT2D eigenvalue weighted by molar-refractivity contribution is -0.119. The van der Waals surface area contributed by atoms with Crippen LogP contribution in [0, 0.1) is 5.92 Å². The first-order valence-corrected chi connectivity index (χ1v) is 4.01. The standard InChI is InChI=1S/C9H12N2O/c1-6-3-8(4-7(6)2)9(12)5-11-10/h5,8H,3-4H2,1-2H3. The molecule has 1 aliphatic carbocycles. The topological polar surface area (TPSA) is 53.5 Å². The molecule has 0 fully saturated rings. The second kappa shape index (κ2) is 3.46. The van der Waals surface area contributed by atoms with Crippen LogP contribution < -0.4 is 0 Å².